The molecule has 10 heteroatoms. The van der Waals surface area contributed by atoms with Crippen molar-refractivity contribution in [3.05, 3.63) is 40.7 Å². The molecule has 0 aliphatic carbocycles. The molecule has 0 saturated carbocycles. The number of aromatic amines is 1. The average Bonchev–Trinajstić information content (AvgIpc) is 3.09. The number of nitrogens with one attached hydrogen (secondary N) is 1. The minimum absolute atomic E-state index is 0.0661. The van der Waals surface area contributed by atoms with Crippen molar-refractivity contribution in [1.29, 1.82) is 0 Å². The molecule has 3 aromatic heterocycles. The molecule has 116 valence electrons. The normalized spacial score (nSPS) is 10.5. The Morgan fingerprint density at radius 2 is 2.30 bits per heavy atom. The zero-order valence-electron chi connectivity index (χ0n) is 12.0. The average molecular weight is 313 g/mol. The molecule has 0 saturated heterocycles. The molecular weight excluding hydrogens is 302 g/mol. The molecule has 0 atom stereocenters. The molecular formula is C13H11N7O3. The highest BCUT2D eigenvalue weighted by Crippen LogP contribution is 2.36. The number of rotatable bonds is 5. The summed E-state index contributed by atoms with van der Waals surface area (Å²) in [7, 11) is 0. The van der Waals surface area contributed by atoms with Gasteiger partial charge in [-0.25, -0.2) is 4.98 Å². The molecule has 0 aromatic carbocycles. The van der Waals surface area contributed by atoms with Crippen molar-refractivity contribution in [3.63, 3.8) is 0 Å². The summed E-state index contributed by atoms with van der Waals surface area (Å²) < 4.78 is 5.30. The minimum Gasteiger partial charge on any atom is -0.473 e. The number of nitrogens with zero attached hydrogens (tertiary/aromatic N) is 6. The standard InChI is InChI=1S/C13H11N7O3/c1-2-23-13-10(20(21)22)6-9(12-16-18-19-17-12)11(15-13)8-4-3-5-14-7-8/h3-7H,2H2,1H3,(H,16,17,18,19). The van der Waals surface area contributed by atoms with Crippen LogP contribution in [0.5, 0.6) is 5.88 Å². The van der Waals surface area contributed by atoms with E-state index in [0.717, 1.165) is 0 Å². The third kappa shape index (κ3) is 2.81. The quantitative estimate of drug-likeness (QED) is 0.555. The minimum atomic E-state index is -0.561. The van der Waals surface area contributed by atoms with E-state index in [1.165, 1.54) is 6.07 Å². The van der Waals surface area contributed by atoms with Gasteiger partial charge in [0, 0.05) is 24.0 Å². The Kier molecular flexibility index (Phi) is 3.87. The van der Waals surface area contributed by atoms with Crippen LogP contribution in [-0.2, 0) is 0 Å². The molecule has 0 fully saturated rings. The highest BCUT2D eigenvalue weighted by molar-refractivity contribution is 5.79. The molecule has 3 heterocycles. The van der Waals surface area contributed by atoms with E-state index >= 15 is 0 Å². The number of ether oxygens (including phenoxy) is 1. The van der Waals surface area contributed by atoms with Gasteiger partial charge in [0.05, 0.1) is 22.8 Å². The van der Waals surface area contributed by atoms with Crippen LogP contribution in [0.4, 0.5) is 5.69 Å². The van der Waals surface area contributed by atoms with Gasteiger partial charge in [-0.1, -0.05) is 0 Å². The van der Waals surface area contributed by atoms with Gasteiger partial charge in [0.1, 0.15) is 0 Å². The van der Waals surface area contributed by atoms with Crippen molar-refractivity contribution < 1.29 is 9.66 Å². The van der Waals surface area contributed by atoms with Gasteiger partial charge in [0.25, 0.3) is 5.88 Å². The van der Waals surface area contributed by atoms with E-state index in [9.17, 15) is 10.1 Å². The van der Waals surface area contributed by atoms with Crippen molar-refractivity contribution >= 4 is 5.69 Å². The molecule has 23 heavy (non-hydrogen) atoms. The fraction of sp³-hybridized carbons (Fsp3) is 0.154. The number of nitro groups is 1. The maximum absolute atomic E-state index is 11.3. The Hall–Kier alpha value is -3.43. The second-order valence-corrected chi connectivity index (χ2v) is 4.38. The fourth-order valence-electron chi connectivity index (χ4n) is 2.03. The molecule has 3 aromatic rings. The summed E-state index contributed by atoms with van der Waals surface area (Å²) in [6, 6.07) is 4.84. The zero-order chi connectivity index (χ0) is 16.2. The zero-order valence-corrected chi connectivity index (χ0v) is 12.0. The first-order valence-corrected chi connectivity index (χ1v) is 6.67. The monoisotopic (exact) mass is 313 g/mol. The fourth-order valence-corrected chi connectivity index (χ4v) is 2.03. The molecule has 0 radical (unpaired) electrons. The second kappa shape index (κ2) is 6.13. The van der Waals surface area contributed by atoms with Gasteiger partial charge in [-0.05, 0) is 24.3 Å². The van der Waals surface area contributed by atoms with Crippen molar-refractivity contribution in [2.24, 2.45) is 0 Å². The highest BCUT2D eigenvalue weighted by Gasteiger charge is 2.24. The summed E-state index contributed by atoms with van der Waals surface area (Å²) in [6.07, 6.45) is 3.21. The Morgan fingerprint density at radius 3 is 2.91 bits per heavy atom. The summed E-state index contributed by atoms with van der Waals surface area (Å²) in [4.78, 5) is 19.0. The Balaban J connectivity index is 2.27. The summed E-state index contributed by atoms with van der Waals surface area (Å²) in [5, 5.41) is 24.8. The lowest BCUT2D eigenvalue weighted by atomic mass is 10.1. The predicted octanol–water partition coefficient (Wildman–Crippen LogP) is 1.63. The van der Waals surface area contributed by atoms with Crippen LogP contribution < -0.4 is 4.74 Å². The molecule has 1 N–H and O–H groups in total. The number of aromatic nitrogens is 6. The Morgan fingerprint density at radius 1 is 1.43 bits per heavy atom. The van der Waals surface area contributed by atoms with E-state index in [-0.39, 0.29) is 24.0 Å². The van der Waals surface area contributed by atoms with Crippen molar-refractivity contribution in [3.8, 4) is 28.5 Å². The molecule has 0 aliphatic heterocycles. The SMILES string of the molecule is CCOc1nc(-c2cccnc2)c(-c2nn[nH]n2)cc1[N+](=O)[O-]. The lowest BCUT2D eigenvalue weighted by molar-refractivity contribution is -0.386. The lowest BCUT2D eigenvalue weighted by Gasteiger charge is -2.09. The van der Waals surface area contributed by atoms with Gasteiger partial charge < -0.3 is 4.74 Å². The van der Waals surface area contributed by atoms with Crippen LogP contribution >= 0.6 is 0 Å². The molecule has 0 bridgehead atoms. The van der Waals surface area contributed by atoms with Crippen molar-refractivity contribution in [1.82, 2.24) is 30.6 Å². The first-order valence-electron chi connectivity index (χ1n) is 6.67. The van der Waals surface area contributed by atoms with E-state index in [4.69, 9.17) is 4.74 Å². The molecule has 0 unspecified atom stereocenters. The number of hydrogen-bond donors (Lipinski definition) is 1. The molecule has 0 spiro atoms. The Bertz CT molecular complexity index is 821. The molecule has 3 rings (SSSR count). The Labute approximate surface area is 129 Å². The number of H-pyrrole nitrogens is 1. The van der Waals surface area contributed by atoms with Crippen LogP contribution in [0, 0.1) is 10.1 Å². The lowest BCUT2D eigenvalue weighted by Crippen LogP contribution is -2.03. The third-order valence-corrected chi connectivity index (χ3v) is 2.97. The highest BCUT2D eigenvalue weighted by atomic mass is 16.6. The number of pyridine rings is 2. The smallest absolute Gasteiger partial charge is 0.331 e. The largest absolute Gasteiger partial charge is 0.473 e. The van der Waals surface area contributed by atoms with Crippen LogP contribution in [0.25, 0.3) is 22.6 Å². The van der Waals surface area contributed by atoms with Gasteiger partial charge in [0.15, 0.2) is 0 Å². The van der Waals surface area contributed by atoms with E-state index in [0.29, 0.717) is 16.8 Å². The van der Waals surface area contributed by atoms with Crippen molar-refractivity contribution in [2.75, 3.05) is 6.61 Å². The molecule has 10 nitrogen and oxygen atoms in total. The van der Waals surface area contributed by atoms with Gasteiger partial charge in [-0.15, -0.1) is 10.2 Å². The van der Waals surface area contributed by atoms with Gasteiger partial charge >= 0.3 is 5.69 Å². The summed E-state index contributed by atoms with van der Waals surface area (Å²) >= 11 is 0. The topological polar surface area (TPSA) is 133 Å². The van der Waals surface area contributed by atoms with E-state index in [1.807, 2.05) is 0 Å². The van der Waals surface area contributed by atoms with Crippen LogP contribution in [0.1, 0.15) is 6.92 Å². The second-order valence-electron chi connectivity index (χ2n) is 4.38. The number of tetrazole rings is 1. The van der Waals surface area contributed by atoms with Gasteiger partial charge in [-0.2, -0.15) is 5.21 Å². The first-order chi connectivity index (χ1) is 11.2. The van der Waals surface area contributed by atoms with E-state index in [1.54, 1.807) is 31.5 Å². The van der Waals surface area contributed by atoms with E-state index < -0.39 is 4.92 Å². The van der Waals surface area contributed by atoms with Crippen LogP contribution in [0.3, 0.4) is 0 Å². The predicted molar refractivity (Wildman–Crippen MR) is 78.5 cm³/mol. The summed E-state index contributed by atoms with van der Waals surface area (Å²) in [6.45, 7) is 1.98. The van der Waals surface area contributed by atoms with Crippen molar-refractivity contribution in [2.45, 2.75) is 6.92 Å². The summed E-state index contributed by atoms with van der Waals surface area (Å²) in [5.74, 6) is 0.131. The van der Waals surface area contributed by atoms with Gasteiger partial charge in [0.2, 0.25) is 5.82 Å². The third-order valence-electron chi connectivity index (χ3n) is 2.97. The maximum Gasteiger partial charge on any atom is 0.331 e. The van der Waals surface area contributed by atoms with Crippen LogP contribution in [0.2, 0.25) is 0 Å². The van der Waals surface area contributed by atoms with Crippen LogP contribution in [-0.4, -0.2) is 42.1 Å². The van der Waals surface area contributed by atoms with Gasteiger partial charge in [-0.3, -0.25) is 15.1 Å². The van der Waals surface area contributed by atoms with E-state index in [2.05, 4.69) is 30.6 Å². The number of hydrogen-bond acceptors (Lipinski definition) is 8. The first kappa shape index (κ1) is 14.5. The maximum atomic E-state index is 11.3. The summed E-state index contributed by atoms with van der Waals surface area (Å²) in [5.41, 5.74) is 1.18. The van der Waals surface area contributed by atoms with Crippen LogP contribution in [0.15, 0.2) is 30.6 Å². The molecule has 0 amide bonds. The molecule has 0 aliphatic rings.